The van der Waals surface area contributed by atoms with Gasteiger partial charge in [-0.1, -0.05) is 48.0 Å². The second kappa shape index (κ2) is 6.52. The standard InChI is InChI=1S/C16H19BrFN/c17-14-8-13(9-15(18)10-14)11-16(12-19)6-4-2-1-3-5-7-16/h8-10H,1-7,11H2. The van der Waals surface area contributed by atoms with Crippen molar-refractivity contribution in [1.29, 1.82) is 5.26 Å². The molecule has 0 saturated heterocycles. The smallest absolute Gasteiger partial charge is 0.124 e. The third-order valence-electron chi connectivity index (χ3n) is 4.01. The van der Waals surface area contributed by atoms with Gasteiger partial charge in [0.05, 0.1) is 11.5 Å². The molecule has 1 aromatic rings. The number of rotatable bonds is 2. The SMILES string of the molecule is N#CC1(Cc2cc(F)cc(Br)c2)CCCCCCC1. The topological polar surface area (TPSA) is 23.8 Å². The van der Waals surface area contributed by atoms with Crippen LogP contribution in [0.1, 0.15) is 50.5 Å². The summed E-state index contributed by atoms with van der Waals surface area (Å²) in [4.78, 5) is 0. The van der Waals surface area contributed by atoms with Crippen molar-refractivity contribution < 1.29 is 4.39 Å². The zero-order valence-corrected chi connectivity index (χ0v) is 12.7. The summed E-state index contributed by atoms with van der Waals surface area (Å²) in [6, 6.07) is 7.48. The van der Waals surface area contributed by atoms with Gasteiger partial charge in [-0.05, 0) is 43.0 Å². The lowest BCUT2D eigenvalue weighted by molar-refractivity contribution is 0.287. The fraction of sp³-hybridized carbons (Fsp3) is 0.562. The molecule has 0 aliphatic heterocycles. The van der Waals surface area contributed by atoms with Gasteiger partial charge in [0.15, 0.2) is 0 Å². The number of hydrogen-bond donors (Lipinski definition) is 0. The Morgan fingerprint density at radius 3 is 2.32 bits per heavy atom. The van der Waals surface area contributed by atoms with Crippen LogP contribution in [0.15, 0.2) is 22.7 Å². The molecule has 1 fully saturated rings. The molecule has 0 unspecified atom stereocenters. The van der Waals surface area contributed by atoms with Gasteiger partial charge in [-0.2, -0.15) is 5.26 Å². The van der Waals surface area contributed by atoms with E-state index in [4.69, 9.17) is 0 Å². The number of nitrogens with zero attached hydrogens (tertiary/aromatic N) is 1. The first-order valence-corrected chi connectivity index (χ1v) is 7.79. The highest BCUT2D eigenvalue weighted by molar-refractivity contribution is 9.10. The summed E-state index contributed by atoms with van der Waals surface area (Å²) in [5, 5.41) is 9.60. The van der Waals surface area contributed by atoms with E-state index in [1.54, 1.807) is 6.07 Å². The minimum Gasteiger partial charge on any atom is -0.207 e. The first-order chi connectivity index (χ1) is 9.13. The number of hydrogen-bond acceptors (Lipinski definition) is 1. The Labute approximate surface area is 123 Å². The normalized spacial score (nSPS) is 19.2. The quantitative estimate of drug-likeness (QED) is 0.716. The highest BCUT2D eigenvalue weighted by Gasteiger charge is 2.30. The van der Waals surface area contributed by atoms with Crippen molar-refractivity contribution in [3.8, 4) is 6.07 Å². The number of benzene rings is 1. The van der Waals surface area contributed by atoms with Crippen LogP contribution >= 0.6 is 15.9 Å². The molecule has 0 atom stereocenters. The van der Waals surface area contributed by atoms with Gasteiger partial charge in [-0.3, -0.25) is 0 Å². The van der Waals surface area contributed by atoms with Crippen LogP contribution in [0.25, 0.3) is 0 Å². The van der Waals surface area contributed by atoms with Crippen molar-refractivity contribution in [2.45, 2.75) is 51.4 Å². The molecule has 0 amide bonds. The highest BCUT2D eigenvalue weighted by Crippen LogP contribution is 2.37. The van der Waals surface area contributed by atoms with Gasteiger partial charge in [0.1, 0.15) is 5.82 Å². The Bertz CT molecular complexity index is 450. The monoisotopic (exact) mass is 323 g/mol. The van der Waals surface area contributed by atoms with E-state index in [0.717, 1.165) is 35.7 Å². The van der Waals surface area contributed by atoms with Crippen molar-refractivity contribution in [3.05, 3.63) is 34.1 Å². The molecule has 0 bridgehead atoms. The lowest BCUT2D eigenvalue weighted by atomic mass is 9.73. The van der Waals surface area contributed by atoms with Crippen LogP contribution in [0.4, 0.5) is 4.39 Å². The molecule has 0 heterocycles. The van der Waals surface area contributed by atoms with Gasteiger partial charge in [-0.25, -0.2) is 4.39 Å². The molecular weight excluding hydrogens is 305 g/mol. The summed E-state index contributed by atoms with van der Waals surface area (Å²) in [6.45, 7) is 0. The van der Waals surface area contributed by atoms with E-state index in [9.17, 15) is 9.65 Å². The molecule has 19 heavy (non-hydrogen) atoms. The minimum atomic E-state index is -0.298. The van der Waals surface area contributed by atoms with Crippen LogP contribution in [0.5, 0.6) is 0 Å². The number of halogens is 2. The van der Waals surface area contributed by atoms with Gasteiger partial charge in [0, 0.05) is 4.47 Å². The molecule has 0 aromatic heterocycles. The lowest BCUT2D eigenvalue weighted by Crippen LogP contribution is -2.23. The van der Waals surface area contributed by atoms with Crippen molar-refractivity contribution in [1.82, 2.24) is 0 Å². The molecule has 2 rings (SSSR count). The van der Waals surface area contributed by atoms with E-state index in [1.807, 2.05) is 6.07 Å². The fourth-order valence-electron chi connectivity index (χ4n) is 3.01. The maximum Gasteiger partial charge on any atom is 0.124 e. The third kappa shape index (κ3) is 4.04. The predicted octanol–water partition coefficient (Wildman–Crippen LogP) is 5.38. The fourth-order valence-corrected chi connectivity index (χ4v) is 3.53. The Kier molecular flexibility index (Phi) is 4.99. The highest BCUT2D eigenvalue weighted by atomic mass is 79.9. The van der Waals surface area contributed by atoms with E-state index in [1.165, 1.54) is 25.3 Å². The first kappa shape index (κ1) is 14.5. The zero-order valence-electron chi connectivity index (χ0n) is 11.1. The molecule has 0 N–H and O–H groups in total. The lowest BCUT2D eigenvalue weighted by Gasteiger charge is -2.28. The molecule has 102 valence electrons. The summed E-state index contributed by atoms with van der Waals surface area (Å²) in [5.74, 6) is -0.233. The van der Waals surface area contributed by atoms with Gasteiger partial charge in [0.2, 0.25) is 0 Å². The molecule has 1 aliphatic carbocycles. The van der Waals surface area contributed by atoms with E-state index >= 15 is 0 Å². The second-order valence-electron chi connectivity index (χ2n) is 5.61. The molecule has 0 radical (unpaired) electrons. The molecule has 0 spiro atoms. The van der Waals surface area contributed by atoms with E-state index < -0.39 is 0 Å². The third-order valence-corrected chi connectivity index (χ3v) is 4.47. The largest absolute Gasteiger partial charge is 0.207 e. The molecule has 1 aromatic carbocycles. The van der Waals surface area contributed by atoms with Crippen LogP contribution in [0.2, 0.25) is 0 Å². The van der Waals surface area contributed by atoms with Crippen molar-refractivity contribution >= 4 is 15.9 Å². The maximum absolute atomic E-state index is 13.4. The Balaban J connectivity index is 2.18. The van der Waals surface area contributed by atoms with Gasteiger partial charge in [0.25, 0.3) is 0 Å². The van der Waals surface area contributed by atoms with Crippen molar-refractivity contribution in [2.24, 2.45) is 5.41 Å². The molecule has 1 saturated carbocycles. The summed E-state index contributed by atoms with van der Waals surface area (Å²) >= 11 is 3.32. The van der Waals surface area contributed by atoms with Crippen molar-refractivity contribution in [2.75, 3.05) is 0 Å². The van der Waals surface area contributed by atoms with Crippen LogP contribution in [0.3, 0.4) is 0 Å². The van der Waals surface area contributed by atoms with E-state index in [-0.39, 0.29) is 11.2 Å². The zero-order chi connectivity index (χ0) is 13.7. The van der Waals surface area contributed by atoms with Crippen LogP contribution in [-0.4, -0.2) is 0 Å². The number of nitriles is 1. The average molecular weight is 324 g/mol. The summed E-state index contributed by atoms with van der Waals surface area (Å²) in [5.41, 5.74) is 0.627. The molecule has 1 aliphatic rings. The van der Waals surface area contributed by atoms with Gasteiger partial charge >= 0.3 is 0 Å². The summed E-state index contributed by atoms with van der Waals surface area (Å²) in [7, 11) is 0. The predicted molar refractivity (Wildman–Crippen MR) is 78.2 cm³/mol. The van der Waals surface area contributed by atoms with Crippen LogP contribution < -0.4 is 0 Å². The van der Waals surface area contributed by atoms with Crippen LogP contribution in [0, 0.1) is 22.6 Å². The Morgan fingerprint density at radius 2 is 1.74 bits per heavy atom. The van der Waals surface area contributed by atoms with Crippen molar-refractivity contribution in [3.63, 3.8) is 0 Å². The first-order valence-electron chi connectivity index (χ1n) is 7.00. The van der Waals surface area contributed by atoms with E-state index in [2.05, 4.69) is 22.0 Å². The summed E-state index contributed by atoms with van der Waals surface area (Å²) in [6.07, 6.45) is 8.50. The molecule has 1 nitrogen and oxygen atoms in total. The second-order valence-corrected chi connectivity index (χ2v) is 6.53. The Hall–Kier alpha value is -0.880. The van der Waals surface area contributed by atoms with E-state index in [0.29, 0.717) is 6.42 Å². The maximum atomic E-state index is 13.4. The Morgan fingerprint density at radius 1 is 1.11 bits per heavy atom. The van der Waals surface area contributed by atoms with Gasteiger partial charge < -0.3 is 0 Å². The average Bonchev–Trinajstić information content (AvgIpc) is 2.31. The molecular formula is C16H19BrFN. The molecule has 3 heteroatoms. The summed E-state index contributed by atoms with van der Waals surface area (Å²) < 4.78 is 14.2. The minimum absolute atomic E-state index is 0.233. The van der Waals surface area contributed by atoms with Crippen LogP contribution in [-0.2, 0) is 6.42 Å². The van der Waals surface area contributed by atoms with Gasteiger partial charge in [-0.15, -0.1) is 0 Å².